The maximum atomic E-state index is 10.4. The minimum Gasteiger partial charge on any atom is -0.545 e. The van der Waals surface area contributed by atoms with Crippen molar-refractivity contribution in [3.8, 4) is 0 Å². The minimum atomic E-state index is -1.48. The van der Waals surface area contributed by atoms with Crippen LogP contribution in [0, 0.1) is 41.7 Å². The molecule has 3 aromatic carbocycles. The van der Waals surface area contributed by atoms with Gasteiger partial charge in [-0.25, -0.2) is 14.4 Å². The third-order valence-electron chi connectivity index (χ3n) is 4.13. The summed E-state index contributed by atoms with van der Waals surface area (Å²) in [5.74, 6) is -8.24. The van der Waals surface area contributed by atoms with E-state index in [0.717, 1.165) is 0 Å². The molecule has 0 atom stereocenters. The van der Waals surface area contributed by atoms with Gasteiger partial charge in [-0.05, 0) is 18.2 Å². The first-order valence-electron chi connectivity index (χ1n) is 9.49. The second-order valence-corrected chi connectivity index (χ2v) is 6.41. The summed E-state index contributed by atoms with van der Waals surface area (Å²) < 4.78 is 0. The Hall–Kier alpha value is -4.14. The molecule has 37 heavy (non-hydrogen) atoms. The number of hydrogen-bond acceptors (Lipinski definition) is 9. The van der Waals surface area contributed by atoms with Crippen molar-refractivity contribution in [3.63, 3.8) is 0 Å². The molecule has 0 fully saturated rings. The Labute approximate surface area is 241 Å². The van der Waals surface area contributed by atoms with Gasteiger partial charge in [0.2, 0.25) is 0 Å². The number of hydrogen-bond donors (Lipinski definition) is 3. The number of carboxylic acid groups (broad SMARTS) is 6. The van der Waals surface area contributed by atoms with Crippen LogP contribution in [0.1, 0.15) is 62.1 Å². The number of carboxylic acids is 6. The van der Waals surface area contributed by atoms with Crippen LogP contribution in [0.15, 0.2) is 72.8 Å². The van der Waals surface area contributed by atoms with Crippen LogP contribution < -0.4 is 15.3 Å². The predicted molar refractivity (Wildman–Crippen MR) is 113 cm³/mol. The van der Waals surface area contributed by atoms with Crippen molar-refractivity contribution in [1.82, 2.24) is 0 Å². The molecule has 0 amide bonds. The van der Waals surface area contributed by atoms with E-state index < -0.39 is 35.8 Å². The van der Waals surface area contributed by atoms with Crippen LogP contribution in [0.3, 0.4) is 0 Å². The van der Waals surface area contributed by atoms with Gasteiger partial charge in [0.05, 0.1) is 34.6 Å². The summed E-state index contributed by atoms with van der Waals surface area (Å²) in [6, 6.07) is 15.9. The number of aromatic carboxylic acids is 6. The van der Waals surface area contributed by atoms with E-state index in [4.69, 9.17) is 15.3 Å². The molecule has 0 bridgehead atoms. The first-order valence-corrected chi connectivity index (χ1v) is 9.49. The van der Waals surface area contributed by atoms with Gasteiger partial charge in [0, 0.05) is 16.7 Å². The topological polar surface area (TPSA) is 232 Å². The zero-order valence-electron chi connectivity index (χ0n) is 18.4. The molecule has 187 valence electrons. The maximum Gasteiger partial charge on any atom is 3.00 e. The Bertz CT molecular complexity index is 1060. The van der Waals surface area contributed by atoms with Crippen molar-refractivity contribution in [2.24, 2.45) is 0 Å². The smallest absolute Gasteiger partial charge is 0.545 e. The van der Waals surface area contributed by atoms with Crippen LogP contribution in [0.4, 0.5) is 0 Å². The predicted octanol–water partition coefficient (Wildman–Crippen LogP) is -0.755. The molecule has 13 heteroatoms. The minimum absolute atomic E-state index is 0. The monoisotopic (exact) mass is 635 g/mol. The van der Waals surface area contributed by atoms with Gasteiger partial charge in [-0.15, -0.1) is 0 Å². The van der Waals surface area contributed by atoms with Gasteiger partial charge in [-0.2, -0.15) is 0 Å². The molecular formula is C24H15CeO12. The van der Waals surface area contributed by atoms with Crippen molar-refractivity contribution < 1.29 is 101 Å². The molecule has 12 nitrogen and oxygen atoms in total. The Morgan fingerprint density at radius 2 is 0.568 bits per heavy atom. The molecule has 3 rings (SSSR count). The summed E-state index contributed by atoms with van der Waals surface area (Å²) in [4.78, 5) is 62.4. The van der Waals surface area contributed by atoms with Gasteiger partial charge in [-0.1, -0.05) is 54.6 Å². The molecule has 0 aromatic heterocycles. The zero-order valence-corrected chi connectivity index (χ0v) is 21.6. The average Bonchev–Trinajstić information content (AvgIpc) is 2.84. The second kappa shape index (κ2) is 15.8. The molecule has 0 saturated carbocycles. The summed E-state index contributed by atoms with van der Waals surface area (Å²) >= 11 is 0. The summed E-state index contributed by atoms with van der Waals surface area (Å²) in [6.45, 7) is 0. The fraction of sp³-hybridized carbons (Fsp3) is 0. The Kier molecular flexibility index (Phi) is 14.0. The van der Waals surface area contributed by atoms with Crippen molar-refractivity contribution in [2.45, 2.75) is 0 Å². The third kappa shape index (κ3) is 10.2. The summed E-state index contributed by atoms with van der Waals surface area (Å²) in [7, 11) is 0. The Balaban J connectivity index is 0.000000518. The van der Waals surface area contributed by atoms with Crippen LogP contribution in [-0.4, -0.2) is 51.1 Å². The molecule has 1 radical (unpaired) electrons. The fourth-order valence-electron chi connectivity index (χ4n) is 2.54. The number of carbonyl (C=O) groups excluding carboxylic acids is 3. The molecule has 0 unspecified atom stereocenters. The van der Waals surface area contributed by atoms with E-state index in [-0.39, 0.29) is 75.1 Å². The largest absolute Gasteiger partial charge is 3.00 e. The summed E-state index contributed by atoms with van der Waals surface area (Å²) in [6.07, 6.45) is 0. The summed E-state index contributed by atoms with van der Waals surface area (Å²) in [5.41, 5.74) is -1.66. The average molecular weight is 635 g/mol. The third-order valence-corrected chi connectivity index (χ3v) is 4.13. The molecular weight excluding hydrogens is 620 g/mol. The zero-order chi connectivity index (χ0) is 27.4. The van der Waals surface area contributed by atoms with Crippen molar-refractivity contribution in [3.05, 3.63) is 106 Å². The maximum absolute atomic E-state index is 10.4. The van der Waals surface area contributed by atoms with E-state index in [1.807, 2.05) is 0 Å². The number of benzene rings is 3. The van der Waals surface area contributed by atoms with Crippen molar-refractivity contribution >= 4 is 35.8 Å². The van der Waals surface area contributed by atoms with Gasteiger partial charge >= 0.3 is 59.7 Å². The van der Waals surface area contributed by atoms with Crippen LogP contribution in [0.25, 0.3) is 0 Å². The van der Waals surface area contributed by atoms with E-state index in [0.29, 0.717) is 0 Å². The molecule has 0 spiro atoms. The first-order chi connectivity index (χ1) is 16.9. The normalized spacial score (nSPS) is 9.08. The Morgan fingerprint density at radius 1 is 0.405 bits per heavy atom. The molecule has 0 aliphatic heterocycles. The van der Waals surface area contributed by atoms with E-state index in [2.05, 4.69) is 0 Å². The van der Waals surface area contributed by atoms with E-state index in [9.17, 15) is 44.1 Å². The first kappa shape index (κ1) is 32.9. The van der Waals surface area contributed by atoms with Gasteiger partial charge in [0.1, 0.15) is 0 Å². The van der Waals surface area contributed by atoms with Crippen LogP contribution >= 0.6 is 0 Å². The van der Waals surface area contributed by atoms with Gasteiger partial charge in [-0.3, -0.25) is 0 Å². The number of rotatable bonds is 6. The molecule has 0 aliphatic rings. The van der Waals surface area contributed by atoms with Gasteiger partial charge in [0.15, 0.2) is 0 Å². The second-order valence-electron chi connectivity index (χ2n) is 6.41. The standard InChI is InChI=1S/3C8H6O4.Ce/c3*9-7(10)5-3-1-2-4-6(5)8(11)12;/h3*1-4H,(H,9,10)(H,11,12);/q;;;+3/p-3. The molecule has 3 N–H and O–H groups in total. The van der Waals surface area contributed by atoms with Gasteiger partial charge in [0.25, 0.3) is 0 Å². The summed E-state index contributed by atoms with van der Waals surface area (Å²) in [5, 5.41) is 56.6. The van der Waals surface area contributed by atoms with Gasteiger partial charge < -0.3 is 45.0 Å². The number of carbonyl (C=O) groups is 6. The fourth-order valence-corrected chi connectivity index (χ4v) is 2.54. The quantitative estimate of drug-likeness (QED) is 0.304. The SMILES string of the molecule is O=C([O-])c1ccccc1C(=O)O.O=C([O-])c1ccccc1C(=O)O.O=C([O-])c1ccccc1C(=O)O.[Ce+3]. The molecule has 0 saturated heterocycles. The van der Waals surface area contributed by atoms with Crippen LogP contribution in [-0.2, 0) is 0 Å². The van der Waals surface area contributed by atoms with E-state index in [1.165, 1.54) is 72.8 Å². The molecule has 0 aliphatic carbocycles. The molecule has 0 heterocycles. The van der Waals surface area contributed by atoms with Crippen LogP contribution in [0.2, 0.25) is 0 Å². The van der Waals surface area contributed by atoms with Crippen LogP contribution in [0.5, 0.6) is 0 Å². The van der Waals surface area contributed by atoms with E-state index >= 15 is 0 Å². The molecule has 3 aromatic rings. The Morgan fingerprint density at radius 3 is 0.676 bits per heavy atom. The van der Waals surface area contributed by atoms with E-state index in [1.54, 1.807) is 0 Å². The van der Waals surface area contributed by atoms with Crippen molar-refractivity contribution in [2.75, 3.05) is 0 Å². The van der Waals surface area contributed by atoms with Crippen molar-refractivity contribution in [1.29, 1.82) is 0 Å².